The average molecular weight is 347 g/mol. The van der Waals surface area contributed by atoms with Crippen LogP contribution < -0.4 is 10.6 Å². The van der Waals surface area contributed by atoms with Crippen LogP contribution in [0.2, 0.25) is 0 Å². The Morgan fingerprint density at radius 3 is 2.88 bits per heavy atom. The Morgan fingerprint density at radius 1 is 1.23 bits per heavy atom. The number of pyridine rings is 1. The summed E-state index contributed by atoms with van der Waals surface area (Å²) in [4.78, 5) is 21.5. The SMILES string of the molecule is O=C(N[C@H]1C[C@H]2CC[C@@H]1N2)c1cnc2c(c1)ncn2Cc1ccccc1. The van der Waals surface area contributed by atoms with E-state index in [1.165, 1.54) is 12.0 Å². The minimum atomic E-state index is -0.0589. The molecular formula is C20H21N5O. The first-order valence-electron chi connectivity index (χ1n) is 9.18. The molecule has 2 aromatic heterocycles. The number of carbonyl (C=O) groups is 1. The third-order valence-electron chi connectivity index (χ3n) is 5.53. The lowest BCUT2D eigenvalue weighted by Crippen LogP contribution is -2.42. The van der Waals surface area contributed by atoms with E-state index in [2.05, 4.69) is 32.7 Å². The van der Waals surface area contributed by atoms with Gasteiger partial charge in [-0.15, -0.1) is 0 Å². The Labute approximate surface area is 151 Å². The first-order valence-corrected chi connectivity index (χ1v) is 9.18. The van der Waals surface area contributed by atoms with E-state index >= 15 is 0 Å². The summed E-state index contributed by atoms with van der Waals surface area (Å²) in [6, 6.07) is 13.3. The van der Waals surface area contributed by atoms with Crippen molar-refractivity contribution in [3.8, 4) is 0 Å². The lowest BCUT2D eigenvalue weighted by Gasteiger charge is -2.21. The molecule has 3 aromatic rings. The minimum absolute atomic E-state index is 0.0589. The molecule has 0 spiro atoms. The van der Waals surface area contributed by atoms with Crippen LogP contribution in [0.5, 0.6) is 0 Å². The van der Waals surface area contributed by atoms with E-state index in [1.807, 2.05) is 28.8 Å². The van der Waals surface area contributed by atoms with Crippen LogP contribution in [-0.2, 0) is 6.54 Å². The molecule has 3 atom stereocenters. The fraction of sp³-hybridized carbons (Fsp3) is 0.350. The molecule has 6 nitrogen and oxygen atoms in total. The summed E-state index contributed by atoms with van der Waals surface area (Å²) in [6.07, 6.45) is 6.84. The Balaban J connectivity index is 1.34. The largest absolute Gasteiger partial charge is 0.348 e. The maximum Gasteiger partial charge on any atom is 0.253 e. The molecule has 2 saturated heterocycles. The molecule has 1 aromatic carbocycles. The number of aromatic nitrogens is 3. The van der Waals surface area contributed by atoms with E-state index in [-0.39, 0.29) is 11.9 Å². The highest BCUT2D eigenvalue weighted by atomic mass is 16.1. The zero-order valence-corrected chi connectivity index (χ0v) is 14.4. The lowest BCUT2D eigenvalue weighted by molar-refractivity contribution is 0.0930. The highest BCUT2D eigenvalue weighted by Gasteiger charge is 2.39. The summed E-state index contributed by atoms with van der Waals surface area (Å²) in [5.74, 6) is -0.0589. The first-order chi connectivity index (χ1) is 12.8. The first kappa shape index (κ1) is 15.5. The van der Waals surface area contributed by atoms with Gasteiger partial charge in [0, 0.05) is 24.3 Å². The van der Waals surface area contributed by atoms with Crippen LogP contribution in [0.4, 0.5) is 0 Å². The number of fused-ring (bicyclic) bond motifs is 3. The van der Waals surface area contributed by atoms with Crippen LogP contribution in [0.3, 0.4) is 0 Å². The van der Waals surface area contributed by atoms with Gasteiger partial charge >= 0.3 is 0 Å². The van der Waals surface area contributed by atoms with Gasteiger partial charge in [-0.3, -0.25) is 4.79 Å². The second-order valence-corrected chi connectivity index (χ2v) is 7.29. The summed E-state index contributed by atoms with van der Waals surface area (Å²) in [5, 5.41) is 6.71. The third-order valence-corrected chi connectivity index (χ3v) is 5.53. The summed E-state index contributed by atoms with van der Waals surface area (Å²) in [5.41, 5.74) is 3.32. The number of imidazole rings is 1. The average Bonchev–Trinajstić information content (AvgIpc) is 3.38. The van der Waals surface area contributed by atoms with Crippen molar-refractivity contribution in [1.29, 1.82) is 0 Å². The number of amides is 1. The maximum atomic E-state index is 12.6. The molecular weight excluding hydrogens is 326 g/mol. The molecule has 1 amide bonds. The molecule has 0 unspecified atom stereocenters. The highest BCUT2D eigenvalue weighted by Crippen LogP contribution is 2.28. The molecule has 0 saturated carbocycles. The molecule has 2 fully saturated rings. The topological polar surface area (TPSA) is 71.8 Å². The number of carbonyl (C=O) groups excluding carboxylic acids is 1. The molecule has 132 valence electrons. The summed E-state index contributed by atoms with van der Waals surface area (Å²) >= 11 is 0. The summed E-state index contributed by atoms with van der Waals surface area (Å²) < 4.78 is 2.01. The van der Waals surface area contributed by atoms with Gasteiger partial charge < -0.3 is 15.2 Å². The Morgan fingerprint density at radius 2 is 2.12 bits per heavy atom. The van der Waals surface area contributed by atoms with Gasteiger partial charge in [0.2, 0.25) is 0 Å². The molecule has 5 rings (SSSR count). The van der Waals surface area contributed by atoms with Gasteiger partial charge in [0.25, 0.3) is 5.91 Å². The van der Waals surface area contributed by atoms with Gasteiger partial charge in [-0.05, 0) is 30.9 Å². The van der Waals surface area contributed by atoms with Crippen molar-refractivity contribution in [1.82, 2.24) is 25.2 Å². The van der Waals surface area contributed by atoms with Crippen LogP contribution in [0, 0.1) is 0 Å². The van der Waals surface area contributed by atoms with E-state index in [4.69, 9.17) is 0 Å². The molecule has 26 heavy (non-hydrogen) atoms. The predicted molar refractivity (Wildman–Crippen MR) is 98.9 cm³/mol. The maximum absolute atomic E-state index is 12.6. The second kappa shape index (κ2) is 6.21. The number of rotatable bonds is 4. The number of hydrogen-bond donors (Lipinski definition) is 2. The number of hydrogen-bond acceptors (Lipinski definition) is 4. The van der Waals surface area contributed by atoms with Crippen LogP contribution in [0.15, 0.2) is 48.9 Å². The standard InChI is InChI=1S/C20H21N5O/c26-20(24-17-9-15-6-7-16(17)23-15)14-8-18-19(21-10-14)25(12-22-18)11-13-4-2-1-3-5-13/h1-5,8,10,12,15-17,23H,6-7,9,11H2,(H,24,26)/t15-,16+,17+/m1/s1. The van der Waals surface area contributed by atoms with Crippen molar-refractivity contribution in [3.63, 3.8) is 0 Å². The minimum Gasteiger partial charge on any atom is -0.348 e. The number of benzene rings is 1. The van der Waals surface area contributed by atoms with E-state index in [1.54, 1.807) is 12.5 Å². The molecule has 0 radical (unpaired) electrons. The quantitative estimate of drug-likeness (QED) is 0.758. The van der Waals surface area contributed by atoms with Gasteiger partial charge in [0.05, 0.1) is 18.4 Å². The van der Waals surface area contributed by atoms with Crippen molar-refractivity contribution < 1.29 is 4.79 Å². The van der Waals surface area contributed by atoms with Gasteiger partial charge in [0.1, 0.15) is 5.52 Å². The highest BCUT2D eigenvalue weighted by molar-refractivity contribution is 5.96. The summed E-state index contributed by atoms with van der Waals surface area (Å²) in [6.45, 7) is 0.715. The molecule has 4 heterocycles. The van der Waals surface area contributed by atoms with Crippen LogP contribution in [0.25, 0.3) is 11.2 Å². The van der Waals surface area contributed by atoms with Crippen molar-refractivity contribution in [2.45, 2.75) is 43.9 Å². The second-order valence-electron chi connectivity index (χ2n) is 7.29. The molecule has 0 aliphatic carbocycles. The molecule has 2 aliphatic heterocycles. The van der Waals surface area contributed by atoms with E-state index < -0.39 is 0 Å². The van der Waals surface area contributed by atoms with Crippen LogP contribution in [0.1, 0.15) is 35.2 Å². The fourth-order valence-electron chi connectivity index (χ4n) is 4.20. The third kappa shape index (κ3) is 2.76. The number of nitrogens with zero attached hydrogens (tertiary/aromatic N) is 3. The van der Waals surface area contributed by atoms with Crippen molar-refractivity contribution in [2.24, 2.45) is 0 Å². The summed E-state index contributed by atoms with van der Waals surface area (Å²) in [7, 11) is 0. The van der Waals surface area contributed by atoms with E-state index in [9.17, 15) is 4.79 Å². The Kier molecular flexibility index (Phi) is 3.71. The molecule has 2 N–H and O–H groups in total. The predicted octanol–water partition coefficient (Wildman–Crippen LogP) is 2.10. The smallest absolute Gasteiger partial charge is 0.253 e. The molecule has 2 bridgehead atoms. The van der Waals surface area contributed by atoms with Crippen molar-refractivity contribution in [3.05, 3.63) is 60.0 Å². The van der Waals surface area contributed by atoms with Crippen molar-refractivity contribution >= 4 is 17.1 Å². The molecule has 6 heteroatoms. The zero-order valence-electron chi connectivity index (χ0n) is 14.4. The van der Waals surface area contributed by atoms with E-state index in [0.717, 1.165) is 24.0 Å². The normalized spacial score (nSPS) is 24.2. The van der Waals surface area contributed by atoms with Gasteiger partial charge in [-0.2, -0.15) is 0 Å². The van der Waals surface area contributed by atoms with Gasteiger partial charge in [-0.1, -0.05) is 30.3 Å². The zero-order chi connectivity index (χ0) is 17.5. The van der Waals surface area contributed by atoms with E-state index in [0.29, 0.717) is 24.2 Å². The van der Waals surface area contributed by atoms with Crippen LogP contribution in [-0.4, -0.2) is 38.6 Å². The van der Waals surface area contributed by atoms with Crippen molar-refractivity contribution in [2.75, 3.05) is 0 Å². The Hall–Kier alpha value is -2.73. The Bertz CT molecular complexity index is 951. The van der Waals surface area contributed by atoms with Gasteiger partial charge in [-0.25, -0.2) is 9.97 Å². The van der Waals surface area contributed by atoms with Crippen LogP contribution >= 0.6 is 0 Å². The monoisotopic (exact) mass is 347 g/mol. The lowest BCUT2D eigenvalue weighted by atomic mass is 9.95. The number of nitrogens with one attached hydrogen (secondary N) is 2. The van der Waals surface area contributed by atoms with Gasteiger partial charge in [0.15, 0.2) is 5.65 Å². The molecule has 2 aliphatic rings. The fourth-order valence-corrected chi connectivity index (χ4v) is 4.20.